The van der Waals surface area contributed by atoms with Crippen LogP contribution in [-0.2, 0) is 20.8 Å². The molecule has 2 unspecified atom stereocenters. The number of carboxylic acid groups (broad SMARTS) is 1. The first kappa shape index (κ1) is 13.8. The third-order valence-corrected chi connectivity index (χ3v) is 4.64. The molecule has 1 aliphatic carbocycles. The van der Waals surface area contributed by atoms with E-state index in [0.29, 0.717) is 12.1 Å². The van der Waals surface area contributed by atoms with Crippen molar-refractivity contribution in [2.24, 2.45) is 17.3 Å². The number of carbonyl (C=O) groups is 3. The molecular weight excluding hydrogens is 270 g/mol. The molecule has 2 aliphatic rings. The second-order valence-electron chi connectivity index (χ2n) is 6.31. The molecule has 1 heterocycles. The summed E-state index contributed by atoms with van der Waals surface area (Å²) in [6.07, 6.45) is 0.285. The summed E-state index contributed by atoms with van der Waals surface area (Å²) in [6.45, 7) is 3.87. The van der Waals surface area contributed by atoms with Crippen molar-refractivity contribution < 1.29 is 19.5 Å². The van der Waals surface area contributed by atoms with Crippen LogP contribution in [0.1, 0.15) is 25.8 Å². The number of carboxylic acids is 1. The van der Waals surface area contributed by atoms with Crippen LogP contribution in [0.5, 0.6) is 0 Å². The van der Waals surface area contributed by atoms with Gasteiger partial charge in [-0.3, -0.25) is 14.4 Å². The minimum atomic E-state index is -0.896. The van der Waals surface area contributed by atoms with Gasteiger partial charge in [0.25, 0.3) is 0 Å². The van der Waals surface area contributed by atoms with E-state index in [9.17, 15) is 14.4 Å². The topological polar surface area (TPSA) is 74.7 Å². The minimum Gasteiger partial charge on any atom is -0.481 e. The van der Waals surface area contributed by atoms with Crippen molar-refractivity contribution in [2.75, 3.05) is 4.90 Å². The number of amides is 2. The lowest BCUT2D eigenvalue weighted by molar-refractivity contribution is -0.137. The first-order valence-electron chi connectivity index (χ1n) is 7.03. The van der Waals surface area contributed by atoms with Gasteiger partial charge in [-0.1, -0.05) is 32.0 Å². The number of piperidine rings is 1. The molecular formula is C16H17NO4. The first-order valence-corrected chi connectivity index (χ1v) is 7.03. The number of rotatable bonds is 4. The maximum Gasteiger partial charge on any atom is 0.303 e. The van der Waals surface area contributed by atoms with Crippen molar-refractivity contribution in [3.63, 3.8) is 0 Å². The highest BCUT2D eigenvalue weighted by Crippen LogP contribution is 2.63. The highest BCUT2D eigenvalue weighted by atomic mass is 16.4. The van der Waals surface area contributed by atoms with E-state index in [1.54, 1.807) is 24.3 Å². The monoisotopic (exact) mass is 287 g/mol. The summed E-state index contributed by atoms with van der Waals surface area (Å²) in [4.78, 5) is 36.9. The average Bonchev–Trinajstić information content (AvgIpc) is 2.88. The van der Waals surface area contributed by atoms with E-state index < -0.39 is 5.97 Å². The molecule has 2 amide bonds. The van der Waals surface area contributed by atoms with Crippen LogP contribution in [0.4, 0.5) is 5.69 Å². The van der Waals surface area contributed by atoms with Crippen LogP contribution >= 0.6 is 0 Å². The molecule has 1 aromatic rings. The van der Waals surface area contributed by atoms with Gasteiger partial charge >= 0.3 is 5.97 Å². The molecule has 0 bridgehead atoms. The van der Waals surface area contributed by atoms with Crippen molar-refractivity contribution >= 4 is 23.5 Å². The zero-order valence-corrected chi connectivity index (χ0v) is 12.0. The molecule has 0 aromatic heterocycles. The predicted octanol–water partition coefficient (Wildman–Crippen LogP) is 1.85. The number of imide groups is 1. The summed E-state index contributed by atoms with van der Waals surface area (Å²) >= 11 is 0. The summed E-state index contributed by atoms with van der Waals surface area (Å²) in [5.74, 6) is -1.65. The fourth-order valence-electron chi connectivity index (χ4n) is 3.37. The SMILES string of the molecule is CC1(C)C2C(=O)N(c3ccccc3CCC(=O)O)C(=O)C21. The lowest BCUT2D eigenvalue weighted by Gasteiger charge is -2.23. The van der Waals surface area contributed by atoms with Gasteiger partial charge < -0.3 is 5.11 Å². The standard InChI is InChI=1S/C16H17NO4/c1-16(2)12-13(16)15(21)17(14(12)20)10-6-4-3-5-9(10)7-8-11(18)19/h3-6,12-13H,7-8H2,1-2H3,(H,18,19). The first-order chi connectivity index (χ1) is 9.85. The molecule has 5 heteroatoms. The molecule has 2 atom stereocenters. The number of nitrogens with zero attached hydrogens (tertiary/aromatic N) is 1. The fraction of sp³-hybridized carbons (Fsp3) is 0.438. The molecule has 0 radical (unpaired) electrons. The van der Waals surface area contributed by atoms with E-state index in [0.717, 1.165) is 5.56 Å². The van der Waals surface area contributed by atoms with Gasteiger partial charge in [0.15, 0.2) is 0 Å². The second-order valence-corrected chi connectivity index (χ2v) is 6.31. The molecule has 21 heavy (non-hydrogen) atoms. The highest BCUT2D eigenvalue weighted by Gasteiger charge is 2.72. The number of hydrogen-bond acceptors (Lipinski definition) is 3. The Labute approximate surface area is 122 Å². The lowest BCUT2D eigenvalue weighted by atomic mass is 10.0. The number of benzene rings is 1. The van der Waals surface area contributed by atoms with Gasteiger partial charge in [0.1, 0.15) is 0 Å². The van der Waals surface area contributed by atoms with Crippen LogP contribution in [0.15, 0.2) is 24.3 Å². The van der Waals surface area contributed by atoms with E-state index in [4.69, 9.17) is 5.11 Å². The molecule has 0 spiro atoms. The molecule has 5 nitrogen and oxygen atoms in total. The zero-order chi connectivity index (χ0) is 15.4. The van der Waals surface area contributed by atoms with E-state index in [2.05, 4.69) is 0 Å². The van der Waals surface area contributed by atoms with Gasteiger partial charge in [0.05, 0.1) is 17.5 Å². The smallest absolute Gasteiger partial charge is 0.303 e. The van der Waals surface area contributed by atoms with Crippen molar-refractivity contribution in [1.82, 2.24) is 0 Å². The van der Waals surface area contributed by atoms with Crippen LogP contribution in [0.2, 0.25) is 0 Å². The third kappa shape index (κ3) is 1.95. The highest BCUT2D eigenvalue weighted by molar-refractivity contribution is 6.26. The number of aliphatic carboxylic acids is 1. The maximum absolute atomic E-state index is 12.5. The Morgan fingerprint density at radius 2 is 1.76 bits per heavy atom. The Hall–Kier alpha value is -2.17. The molecule has 2 fully saturated rings. The molecule has 1 N–H and O–H groups in total. The van der Waals surface area contributed by atoms with E-state index in [1.165, 1.54) is 4.90 Å². The van der Waals surface area contributed by atoms with Gasteiger partial charge in [0.2, 0.25) is 11.8 Å². The van der Waals surface area contributed by atoms with Crippen LogP contribution in [0, 0.1) is 17.3 Å². The van der Waals surface area contributed by atoms with Gasteiger partial charge in [-0.25, -0.2) is 4.90 Å². The Morgan fingerprint density at radius 3 is 2.33 bits per heavy atom. The number of anilines is 1. The average molecular weight is 287 g/mol. The van der Waals surface area contributed by atoms with Gasteiger partial charge in [-0.2, -0.15) is 0 Å². The van der Waals surface area contributed by atoms with Crippen LogP contribution in [0.3, 0.4) is 0 Å². The fourth-order valence-corrected chi connectivity index (χ4v) is 3.37. The predicted molar refractivity (Wildman–Crippen MR) is 75.7 cm³/mol. The van der Waals surface area contributed by atoms with E-state index >= 15 is 0 Å². The molecule has 3 rings (SSSR count). The quantitative estimate of drug-likeness (QED) is 0.858. The maximum atomic E-state index is 12.5. The van der Waals surface area contributed by atoms with E-state index in [-0.39, 0.29) is 35.5 Å². The van der Waals surface area contributed by atoms with Gasteiger partial charge in [-0.15, -0.1) is 0 Å². The second kappa shape index (κ2) is 4.41. The molecule has 110 valence electrons. The Bertz CT molecular complexity index is 625. The Balaban J connectivity index is 1.90. The van der Waals surface area contributed by atoms with E-state index in [1.807, 2.05) is 13.8 Å². The molecule has 1 saturated carbocycles. The number of carbonyl (C=O) groups excluding carboxylic acids is 2. The molecule has 1 saturated heterocycles. The Morgan fingerprint density at radius 1 is 1.19 bits per heavy atom. The van der Waals surface area contributed by atoms with Crippen LogP contribution < -0.4 is 4.90 Å². The van der Waals surface area contributed by atoms with Crippen molar-refractivity contribution in [2.45, 2.75) is 26.7 Å². The van der Waals surface area contributed by atoms with Crippen molar-refractivity contribution in [3.8, 4) is 0 Å². The number of hydrogen-bond donors (Lipinski definition) is 1. The number of fused-ring (bicyclic) bond motifs is 1. The van der Waals surface area contributed by atoms with Crippen LogP contribution in [0.25, 0.3) is 0 Å². The summed E-state index contributed by atoms with van der Waals surface area (Å²) in [6, 6.07) is 7.03. The molecule has 1 aliphatic heterocycles. The largest absolute Gasteiger partial charge is 0.481 e. The Kier molecular flexibility index (Phi) is 2.90. The number of aryl methyl sites for hydroxylation is 1. The summed E-state index contributed by atoms with van der Waals surface area (Å²) in [5, 5.41) is 8.81. The minimum absolute atomic E-state index is 0.0222. The number of para-hydroxylation sites is 1. The van der Waals surface area contributed by atoms with Gasteiger partial charge in [-0.05, 0) is 23.5 Å². The molecule has 1 aromatic carbocycles. The summed E-state index contributed by atoms with van der Waals surface area (Å²) < 4.78 is 0. The zero-order valence-electron chi connectivity index (χ0n) is 12.0. The van der Waals surface area contributed by atoms with Crippen LogP contribution in [-0.4, -0.2) is 22.9 Å². The van der Waals surface area contributed by atoms with Crippen molar-refractivity contribution in [3.05, 3.63) is 29.8 Å². The summed E-state index contributed by atoms with van der Waals surface area (Å²) in [7, 11) is 0. The summed E-state index contributed by atoms with van der Waals surface area (Å²) in [5.41, 5.74) is 1.03. The lowest BCUT2D eigenvalue weighted by Crippen LogP contribution is -2.36. The van der Waals surface area contributed by atoms with Crippen molar-refractivity contribution in [1.29, 1.82) is 0 Å². The van der Waals surface area contributed by atoms with Gasteiger partial charge in [0, 0.05) is 6.42 Å². The normalized spacial score (nSPS) is 25.9. The third-order valence-electron chi connectivity index (χ3n) is 4.64.